The summed E-state index contributed by atoms with van der Waals surface area (Å²) in [5, 5.41) is 13.5. The second-order valence-electron chi connectivity index (χ2n) is 4.67. The third-order valence-electron chi connectivity index (χ3n) is 3.47. The van der Waals surface area contributed by atoms with Crippen molar-refractivity contribution in [1.29, 1.82) is 0 Å². The Morgan fingerprint density at radius 3 is 2.81 bits per heavy atom. The number of amides is 2. The summed E-state index contributed by atoms with van der Waals surface area (Å²) in [4.78, 5) is 36.2. The quantitative estimate of drug-likeness (QED) is 0.659. The number of hydrogen-bond acceptors (Lipinski definition) is 4. The van der Waals surface area contributed by atoms with Crippen LogP contribution in [0, 0.1) is 10.1 Å². The van der Waals surface area contributed by atoms with Gasteiger partial charge in [-0.3, -0.25) is 19.7 Å². The van der Waals surface area contributed by atoms with E-state index >= 15 is 0 Å². The Morgan fingerprint density at radius 1 is 1.48 bits per heavy atom. The van der Waals surface area contributed by atoms with Crippen LogP contribution in [-0.4, -0.2) is 41.3 Å². The summed E-state index contributed by atoms with van der Waals surface area (Å²) in [5.41, 5.74) is 0.0246. The predicted octanol–water partition coefficient (Wildman–Crippen LogP) is 1.71. The van der Waals surface area contributed by atoms with E-state index in [-0.39, 0.29) is 27.5 Å². The van der Waals surface area contributed by atoms with Crippen LogP contribution in [0.5, 0.6) is 0 Å². The van der Waals surface area contributed by atoms with Gasteiger partial charge in [-0.1, -0.05) is 6.07 Å². The molecule has 1 atom stereocenters. The minimum atomic E-state index is -0.554. The van der Waals surface area contributed by atoms with Gasteiger partial charge in [0.1, 0.15) is 10.5 Å². The Bertz CT molecular complexity index is 605. The van der Waals surface area contributed by atoms with Crippen molar-refractivity contribution in [2.45, 2.75) is 18.9 Å². The fourth-order valence-corrected chi connectivity index (χ4v) is 3.01. The van der Waals surface area contributed by atoms with E-state index in [1.165, 1.54) is 30.1 Å². The molecule has 1 aromatic rings. The van der Waals surface area contributed by atoms with Gasteiger partial charge < -0.3 is 10.2 Å². The number of nitrogens with one attached hydrogen (secondary N) is 1. The van der Waals surface area contributed by atoms with Crippen LogP contribution in [0.2, 0.25) is 0 Å². The van der Waals surface area contributed by atoms with Gasteiger partial charge in [0.25, 0.3) is 11.6 Å². The molecule has 2 rings (SSSR count). The number of likely N-dealkylation sites (N-methyl/N-ethyl adjacent to an activating group) is 1. The number of nitro groups is 1. The second kappa shape index (κ2) is 6.21. The molecule has 112 valence electrons. The van der Waals surface area contributed by atoms with Crippen LogP contribution >= 0.6 is 15.9 Å². The highest BCUT2D eigenvalue weighted by Crippen LogP contribution is 2.30. The van der Waals surface area contributed by atoms with Crippen LogP contribution in [-0.2, 0) is 4.79 Å². The molecule has 1 aliphatic heterocycles. The van der Waals surface area contributed by atoms with Crippen LogP contribution in [0.3, 0.4) is 0 Å². The van der Waals surface area contributed by atoms with E-state index in [1.54, 1.807) is 0 Å². The van der Waals surface area contributed by atoms with Crippen molar-refractivity contribution >= 4 is 33.4 Å². The molecule has 1 unspecified atom stereocenters. The molecule has 0 aliphatic carbocycles. The first-order valence-corrected chi connectivity index (χ1v) is 7.22. The van der Waals surface area contributed by atoms with Gasteiger partial charge in [0.15, 0.2) is 0 Å². The van der Waals surface area contributed by atoms with Gasteiger partial charge in [0.2, 0.25) is 5.91 Å². The highest BCUT2D eigenvalue weighted by Gasteiger charge is 2.35. The van der Waals surface area contributed by atoms with Crippen LogP contribution < -0.4 is 5.32 Å². The first-order valence-electron chi connectivity index (χ1n) is 6.42. The van der Waals surface area contributed by atoms with E-state index in [0.717, 1.165) is 6.42 Å². The lowest BCUT2D eigenvalue weighted by Crippen LogP contribution is -2.45. The molecule has 1 aliphatic rings. The highest BCUT2D eigenvalue weighted by atomic mass is 79.9. The molecular formula is C13H14BrN3O4. The molecule has 0 aromatic heterocycles. The molecule has 1 N–H and O–H groups in total. The molecule has 0 spiro atoms. The maximum Gasteiger partial charge on any atom is 0.284 e. The summed E-state index contributed by atoms with van der Waals surface area (Å²) in [6.07, 6.45) is 1.33. The van der Waals surface area contributed by atoms with Crippen LogP contribution in [0.25, 0.3) is 0 Å². The molecule has 0 bridgehead atoms. The molecule has 2 amide bonds. The summed E-state index contributed by atoms with van der Waals surface area (Å²) in [5.74, 6) is -0.598. The molecule has 1 heterocycles. The number of likely N-dealkylation sites (tertiary alicyclic amines) is 1. The van der Waals surface area contributed by atoms with Gasteiger partial charge in [0.05, 0.1) is 10.5 Å². The summed E-state index contributed by atoms with van der Waals surface area (Å²) >= 11 is 3.11. The zero-order valence-electron chi connectivity index (χ0n) is 11.3. The van der Waals surface area contributed by atoms with Gasteiger partial charge in [-0.2, -0.15) is 0 Å². The maximum absolute atomic E-state index is 12.6. The fraction of sp³-hybridized carbons (Fsp3) is 0.385. The fourth-order valence-electron chi connectivity index (χ4n) is 2.43. The van der Waals surface area contributed by atoms with Crippen LogP contribution in [0.1, 0.15) is 23.2 Å². The maximum atomic E-state index is 12.6. The number of nitro benzene ring substituents is 1. The largest absolute Gasteiger partial charge is 0.357 e. The highest BCUT2D eigenvalue weighted by molar-refractivity contribution is 9.10. The van der Waals surface area contributed by atoms with Gasteiger partial charge in [0, 0.05) is 19.7 Å². The van der Waals surface area contributed by atoms with E-state index in [1.807, 2.05) is 0 Å². The normalized spacial score (nSPS) is 17.6. The minimum absolute atomic E-state index is 0.141. The molecule has 1 fully saturated rings. The van der Waals surface area contributed by atoms with Gasteiger partial charge in [-0.25, -0.2) is 0 Å². The topological polar surface area (TPSA) is 92.6 Å². The number of carbonyl (C=O) groups is 2. The zero-order valence-corrected chi connectivity index (χ0v) is 12.9. The Balaban J connectivity index is 2.34. The lowest BCUT2D eigenvalue weighted by atomic mass is 10.1. The standard InChI is InChI=1S/C13H14BrN3O4/c1-15-12(18)10-6-3-7-16(10)13(19)8-4-2-5-9(11(8)14)17(20)21/h2,4-5,10H,3,6-7H2,1H3,(H,15,18). The molecule has 0 saturated carbocycles. The first-order chi connectivity index (χ1) is 9.97. The molecule has 1 aromatic carbocycles. The van der Waals surface area contributed by atoms with Gasteiger partial charge in [-0.15, -0.1) is 0 Å². The Labute approximate surface area is 129 Å². The van der Waals surface area contributed by atoms with Crippen molar-refractivity contribution in [2.24, 2.45) is 0 Å². The predicted molar refractivity (Wildman–Crippen MR) is 78.9 cm³/mol. The van der Waals surface area contributed by atoms with Crippen molar-refractivity contribution in [2.75, 3.05) is 13.6 Å². The summed E-state index contributed by atoms with van der Waals surface area (Å²) < 4.78 is 0.141. The monoisotopic (exact) mass is 355 g/mol. The van der Waals surface area contributed by atoms with Crippen molar-refractivity contribution in [3.05, 3.63) is 38.3 Å². The lowest BCUT2D eigenvalue weighted by molar-refractivity contribution is -0.385. The number of carbonyl (C=O) groups excluding carboxylic acids is 2. The summed E-state index contributed by atoms with van der Waals surface area (Å²) in [6.45, 7) is 0.464. The average molecular weight is 356 g/mol. The zero-order chi connectivity index (χ0) is 15.6. The molecule has 1 saturated heterocycles. The van der Waals surface area contributed by atoms with E-state index < -0.39 is 11.0 Å². The molecule has 21 heavy (non-hydrogen) atoms. The average Bonchev–Trinajstić information content (AvgIpc) is 2.95. The third kappa shape index (κ3) is 2.90. The molecular weight excluding hydrogens is 342 g/mol. The smallest absolute Gasteiger partial charge is 0.284 e. The number of rotatable bonds is 3. The lowest BCUT2D eigenvalue weighted by Gasteiger charge is -2.23. The van der Waals surface area contributed by atoms with Gasteiger partial charge >= 0.3 is 0 Å². The Morgan fingerprint density at radius 2 is 2.19 bits per heavy atom. The molecule has 0 radical (unpaired) electrons. The minimum Gasteiger partial charge on any atom is -0.357 e. The molecule has 8 heteroatoms. The number of nitrogens with zero attached hydrogens (tertiary/aromatic N) is 2. The van der Waals surface area contributed by atoms with Crippen molar-refractivity contribution in [1.82, 2.24) is 10.2 Å². The van der Waals surface area contributed by atoms with Crippen LogP contribution in [0.15, 0.2) is 22.7 Å². The van der Waals surface area contributed by atoms with E-state index in [9.17, 15) is 19.7 Å². The summed E-state index contributed by atoms with van der Waals surface area (Å²) in [6, 6.07) is 3.77. The third-order valence-corrected chi connectivity index (χ3v) is 4.30. The summed E-state index contributed by atoms with van der Waals surface area (Å²) in [7, 11) is 1.52. The van der Waals surface area contributed by atoms with Crippen molar-refractivity contribution in [3.63, 3.8) is 0 Å². The van der Waals surface area contributed by atoms with Gasteiger partial charge in [-0.05, 0) is 34.8 Å². The SMILES string of the molecule is CNC(=O)C1CCCN1C(=O)c1cccc([N+](=O)[O-])c1Br. The van der Waals surface area contributed by atoms with E-state index in [4.69, 9.17) is 0 Å². The van der Waals surface area contributed by atoms with Crippen molar-refractivity contribution < 1.29 is 14.5 Å². The first kappa shape index (κ1) is 15.4. The van der Waals surface area contributed by atoms with Crippen LogP contribution in [0.4, 0.5) is 5.69 Å². The second-order valence-corrected chi connectivity index (χ2v) is 5.46. The Hall–Kier alpha value is -1.96. The van der Waals surface area contributed by atoms with Crippen molar-refractivity contribution in [3.8, 4) is 0 Å². The number of halogens is 1. The van der Waals surface area contributed by atoms with E-state index in [0.29, 0.717) is 13.0 Å². The molecule has 7 nitrogen and oxygen atoms in total. The van der Waals surface area contributed by atoms with E-state index in [2.05, 4.69) is 21.2 Å². The Kier molecular flexibility index (Phi) is 4.56. The number of hydrogen-bond donors (Lipinski definition) is 1. The number of benzene rings is 1.